The highest BCUT2D eigenvalue weighted by molar-refractivity contribution is 9.10. The average Bonchev–Trinajstić information content (AvgIpc) is 2.54. The van der Waals surface area contributed by atoms with Crippen LogP contribution in [0.1, 0.15) is 13.8 Å². The van der Waals surface area contributed by atoms with Gasteiger partial charge in [0.25, 0.3) is 5.69 Å². The summed E-state index contributed by atoms with van der Waals surface area (Å²) in [5.74, 6) is 0. The van der Waals surface area contributed by atoms with E-state index in [0.29, 0.717) is 12.1 Å². The molecule has 2 atom stereocenters. The van der Waals surface area contributed by atoms with Gasteiger partial charge in [-0.05, 0) is 38.1 Å². The third-order valence-corrected chi connectivity index (χ3v) is 4.31. The average molecular weight is 407 g/mol. The van der Waals surface area contributed by atoms with Gasteiger partial charge in [0.15, 0.2) is 0 Å². The van der Waals surface area contributed by atoms with E-state index in [1.165, 1.54) is 17.8 Å². The Bertz CT molecular complexity index is 716. The van der Waals surface area contributed by atoms with Crippen LogP contribution in [0.3, 0.4) is 0 Å². The van der Waals surface area contributed by atoms with Crippen LogP contribution in [-0.2, 0) is 0 Å². The standard InChI is InChI=1S/C12H19N3.C6H4BrNO2/c1-9-7-15(8-10(2)14-9)12-5-3-4-11(13)6-12;7-5-2-1-3-6(4-5)8(9)10/h3-6,9-10,14H,7-8,13H2,1-2H3;1-4H/t9-,10+;. The van der Waals surface area contributed by atoms with E-state index >= 15 is 0 Å². The Morgan fingerprint density at radius 2 is 1.80 bits per heavy atom. The van der Waals surface area contributed by atoms with Gasteiger partial charge in [-0.25, -0.2) is 0 Å². The molecular weight excluding hydrogens is 384 g/mol. The highest BCUT2D eigenvalue weighted by Crippen LogP contribution is 2.20. The van der Waals surface area contributed by atoms with Crippen molar-refractivity contribution < 1.29 is 4.92 Å². The Kier molecular flexibility index (Phi) is 6.78. The van der Waals surface area contributed by atoms with E-state index in [9.17, 15) is 10.1 Å². The van der Waals surface area contributed by atoms with E-state index in [4.69, 9.17) is 5.73 Å². The number of anilines is 2. The Hall–Kier alpha value is -2.12. The summed E-state index contributed by atoms with van der Waals surface area (Å²) in [7, 11) is 0. The molecule has 0 radical (unpaired) electrons. The summed E-state index contributed by atoms with van der Waals surface area (Å²) in [4.78, 5) is 12.1. The second kappa shape index (κ2) is 8.82. The summed E-state index contributed by atoms with van der Waals surface area (Å²) in [6.07, 6.45) is 0. The Balaban J connectivity index is 0.000000196. The lowest BCUT2D eigenvalue weighted by molar-refractivity contribution is -0.384. The lowest BCUT2D eigenvalue weighted by Gasteiger charge is -2.37. The molecule has 0 unspecified atom stereocenters. The van der Waals surface area contributed by atoms with E-state index in [1.54, 1.807) is 12.1 Å². The van der Waals surface area contributed by atoms with E-state index in [1.807, 2.05) is 18.2 Å². The summed E-state index contributed by atoms with van der Waals surface area (Å²) in [6, 6.07) is 15.5. The highest BCUT2D eigenvalue weighted by Gasteiger charge is 2.20. The highest BCUT2D eigenvalue weighted by atomic mass is 79.9. The summed E-state index contributed by atoms with van der Waals surface area (Å²) < 4.78 is 0.724. The molecule has 0 aliphatic carbocycles. The third kappa shape index (κ3) is 6.03. The van der Waals surface area contributed by atoms with Crippen LogP contribution >= 0.6 is 15.9 Å². The van der Waals surface area contributed by atoms with Gasteiger partial charge in [0.05, 0.1) is 4.92 Å². The molecule has 2 aromatic carbocycles. The first kappa shape index (κ1) is 19.2. The predicted molar refractivity (Wildman–Crippen MR) is 106 cm³/mol. The second-order valence-electron chi connectivity index (χ2n) is 6.21. The first-order valence-corrected chi connectivity index (χ1v) is 8.91. The number of benzene rings is 2. The van der Waals surface area contributed by atoms with E-state index in [2.05, 4.69) is 46.1 Å². The van der Waals surface area contributed by atoms with Crippen LogP contribution in [0.2, 0.25) is 0 Å². The van der Waals surface area contributed by atoms with Crippen molar-refractivity contribution in [1.29, 1.82) is 0 Å². The molecule has 7 heteroatoms. The zero-order valence-electron chi connectivity index (χ0n) is 14.4. The van der Waals surface area contributed by atoms with Gasteiger partial charge in [-0.3, -0.25) is 10.1 Å². The molecule has 1 aliphatic heterocycles. The topological polar surface area (TPSA) is 84.4 Å². The minimum absolute atomic E-state index is 0.106. The van der Waals surface area contributed by atoms with E-state index in [-0.39, 0.29) is 5.69 Å². The molecule has 1 aliphatic rings. The second-order valence-corrected chi connectivity index (χ2v) is 7.12. The van der Waals surface area contributed by atoms with Crippen LogP contribution in [0.5, 0.6) is 0 Å². The van der Waals surface area contributed by atoms with Gasteiger partial charge in [-0.2, -0.15) is 0 Å². The van der Waals surface area contributed by atoms with Crippen molar-refractivity contribution in [2.75, 3.05) is 23.7 Å². The minimum Gasteiger partial charge on any atom is -0.399 e. The molecular formula is C18H23BrN4O2. The van der Waals surface area contributed by atoms with Gasteiger partial charge in [0, 0.05) is 53.2 Å². The molecule has 0 bridgehead atoms. The van der Waals surface area contributed by atoms with Crippen LogP contribution in [0.4, 0.5) is 17.1 Å². The lowest BCUT2D eigenvalue weighted by atomic mass is 10.1. The third-order valence-electron chi connectivity index (χ3n) is 3.81. The number of nitro groups is 1. The Morgan fingerprint density at radius 3 is 2.32 bits per heavy atom. The molecule has 25 heavy (non-hydrogen) atoms. The van der Waals surface area contributed by atoms with Crippen molar-refractivity contribution in [3.05, 3.63) is 63.1 Å². The lowest BCUT2D eigenvalue weighted by Crippen LogP contribution is -2.54. The summed E-state index contributed by atoms with van der Waals surface area (Å²) in [6.45, 7) is 6.53. The van der Waals surface area contributed by atoms with Crippen LogP contribution in [0.15, 0.2) is 53.0 Å². The number of hydrogen-bond donors (Lipinski definition) is 2. The number of hydrogen-bond acceptors (Lipinski definition) is 5. The summed E-state index contributed by atoms with van der Waals surface area (Å²) in [5, 5.41) is 13.7. The molecule has 0 spiro atoms. The maximum atomic E-state index is 10.1. The van der Waals surface area contributed by atoms with Crippen molar-refractivity contribution in [1.82, 2.24) is 5.32 Å². The minimum atomic E-state index is -0.426. The van der Waals surface area contributed by atoms with Crippen LogP contribution < -0.4 is 16.0 Å². The maximum absolute atomic E-state index is 10.1. The van der Waals surface area contributed by atoms with Gasteiger partial charge in [-0.1, -0.05) is 28.1 Å². The number of halogens is 1. The van der Waals surface area contributed by atoms with Crippen molar-refractivity contribution in [2.24, 2.45) is 0 Å². The molecule has 3 N–H and O–H groups in total. The first-order chi connectivity index (χ1) is 11.8. The molecule has 3 rings (SSSR count). The van der Waals surface area contributed by atoms with Crippen molar-refractivity contribution in [3.63, 3.8) is 0 Å². The van der Waals surface area contributed by atoms with Gasteiger partial charge in [0.2, 0.25) is 0 Å². The Morgan fingerprint density at radius 1 is 1.16 bits per heavy atom. The van der Waals surface area contributed by atoms with E-state index < -0.39 is 4.92 Å². The smallest absolute Gasteiger partial charge is 0.270 e. The number of nitro benzene ring substituents is 1. The van der Waals surface area contributed by atoms with Crippen molar-refractivity contribution in [2.45, 2.75) is 25.9 Å². The van der Waals surface area contributed by atoms with E-state index in [0.717, 1.165) is 23.2 Å². The van der Waals surface area contributed by atoms with Crippen molar-refractivity contribution in [3.8, 4) is 0 Å². The van der Waals surface area contributed by atoms with Crippen molar-refractivity contribution >= 4 is 33.0 Å². The number of rotatable bonds is 2. The molecule has 1 saturated heterocycles. The summed E-state index contributed by atoms with van der Waals surface area (Å²) >= 11 is 3.13. The first-order valence-electron chi connectivity index (χ1n) is 8.11. The Labute approximate surface area is 156 Å². The number of nitrogen functional groups attached to an aromatic ring is 1. The van der Waals surface area contributed by atoms with Crippen LogP contribution in [0, 0.1) is 10.1 Å². The molecule has 6 nitrogen and oxygen atoms in total. The zero-order valence-corrected chi connectivity index (χ0v) is 15.9. The van der Waals surface area contributed by atoms with Crippen LogP contribution in [0.25, 0.3) is 0 Å². The zero-order chi connectivity index (χ0) is 18.4. The van der Waals surface area contributed by atoms with Gasteiger partial charge in [0.1, 0.15) is 0 Å². The van der Waals surface area contributed by atoms with Gasteiger partial charge in [-0.15, -0.1) is 0 Å². The fourth-order valence-electron chi connectivity index (χ4n) is 2.85. The number of nitrogens with two attached hydrogens (primary N) is 1. The monoisotopic (exact) mass is 406 g/mol. The maximum Gasteiger partial charge on any atom is 0.270 e. The number of nitrogens with zero attached hydrogens (tertiary/aromatic N) is 2. The number of non-ortho nitro benzene ring substituents is 1. The molecule has 0 aromatic heterocycles. The fourth-order valence-corrected chi connectivity index (χ4v) is 3.24. The predicted octanol–water partition coefficient (Wildman–Crippen LogP) is 3.81. The quantitative estimate of drug-likeness (QED) is 0.449. The molecule has 134 valence electrons. The van der Waals surface area contributed by atoms with Gasteiger partial charge >= 0.3 is 0 Å². The summed E-state index contributed by atoms with van der Waals surface area (Å²) in [5.41, 5.74) is 7.97. The molecule has 0 saturated carbocycles. The molecule has 0 amide bonds. The fraction of sp³-hybridized carbons (Fsp3) is 0.333. The molecule has 2 aromatic rings. The molecule has 1 fully saturated rings. The van der Waals surface area contributed by atoms with Crippen LogP contribution in [-0.4, -0.2) is 30.1 Å². The number of nitrogens with one attached hydrogen (secondary N) is 1. The SMILES string of the molecule is C[C@@H]1CN(c2cccc(N)c2)C[C@H](C)N1.O=[N+]([O-])c1cccc(Br)c1. The number of piperazine rings is 1. The van der Waals surface area contributed by atoms with Gasteiger partial charge < -0.3 is 16.0 Å². The molecule has 1 heterocycles. The largest absolute Gasteiger partial charge is 0.399 e. The normalized spacial score (nSPS) is 19.7.